The first-order chi connectivity index (χ1) is 11.2. The van der Waals surface area contributed by atoms with Crippen LogP contribution in [0.15, 0.2) is 69.9 Å². The minimum Gasteiger partial charge on any atom is -0.844 e. The predicted octanol–water partition coefficient (Wildman–Crippen LogP) is 2.18. The van der Waals surface area contributed by atoms with Gasteiger partial charge in [-0.25, -0.2) is 14.4 Å². The van der Waals surface area contributed by atoms with Crippen molar-refractivity contribution in [3.63, 3.8) is 0 Å². The fourth-order valence-electron chi connectivity index (χ4n) is 2.00. The first kappa shape index (κ1) is 14.8. The number of amidine groups is 1. The topological polar surface area (TPSA) is 72.4 Å². The maximum absolute atomic E-state index is 12.9. The Morgan fingerprint density at radius 3 is 2.65 bits per heavy atom. The predicted molar refractivity (Wildman–Crippen MR) is 79.7 cm³/mol. The van der Waals surface area contributed by atoms with Crippen LogP contribution in [-0.2, 0) is 11.4 Å². The van der Waals surface area contributed by atoms with Crippen molar-refractivity contribution in [1.82, 2.24) is 0 Å². The molecule has 1 aliphatic rings. The molecule has 7 heteroatoms. The van der Waals surface area contributed by atoms with Crippen LogP contribution >= 0.6 is 0 Å². The lowest BCUT2D eigenvalue weighted by atomic mass is 10.2. The summed E-state index contributed by atoms with van der Waals surface area (Å²) in [6.07, 6.45) is 0. The van der Waals surface area contributed by atoms with Crippen molar-refractivity contribution in [2.45, 2.75) is 6.54 Å². The van der Waals surface area contributed by atoms with Crippen LogP contribution in [0.4, 0.5) is 10.1 Å². The zero-order chi connectivity index (χ0) is 16.1. The van der Waals surface area contributed by atoms with E-state index in [1.807, 2.05) is 6.07 Å². The molecule has 0 aromatic heterocycles. The summed E-state index contributed by atoms with van der Waals surface area (Å²) in [6.45, 7) is 0.691. The van der Waals surface area contributed by atoms with Crippen LogP contribution in [0, 0.1) is 5.82 Å². The molecule has 0 atom stereocenters. The second-order valence-electron chi connectivity index (χ2n) is 4.86. The zero-order valence-electron chi connectivity index (χ0n) is 12.1. The monoisotopic (exact) mass is 312 g/mol. The molecule has 0 spiro atoms. The van der Waals surface area contributed by atoms with Crippen molar-refractivity contribution in [3.05, 3.63) is 66.0 Å². The van der Waals surface area contributed by atoms with Crippen LogP contribution < -0.4 is 5.11 Å². The van der Waals surface area contributed by atoms with Crippen molar-refractivity contribution in [2.24, 2.45) is 15.3 Å². The summed E-state index contributed by atoms with van der Waals surface area (Å²) in [5, 5.41) is 15.5. The highest BCUT2D eigenvalue weighted by molar-refractivity contribution is 5.90. The van der Waals surface area contributed by atoms with Gasteiger partial charge in [0, 0.05) is 5.56 Å². The van der Waals surface area contributed by atoms with E-state index >= 15 is 0 Å². The van der Waals surface area contributed by atoms with Crippen molar-refractivity contribution in [2.75, 3.05) is 6.54 Å². The van der Waals surface area contributed by atoms with Gasteiger partial charge < -0.3 is 5.11 Å². The Bertz CT molecular complexity index is 770. The summed E-state index contributed by atoms with van der Waals surface area (Å²) in [5.74, 6) is -0.115. The molecule has 2 aromatic carbocycles. The molecule has 0 fully saturated rings. The summed E-state index contributed by atoms with van der Waals surface area (Å²) in [5.41, 5.74) is 1.40. The molecule has 1 aliphatic heterocycles. The van der Waals surface area contributed by atoms with Gasteiger partial charge in [-0.2, -0.15) is 0 Å². The lowest BCUT2D eigenvalue weighted by Gasteiger charge is -2.03. The number of hydrogen-bond acceptors (Lipinski definition) is 4. The Hall–Kier alpha value is -3.09. The molecule has 116 valence electrons. The molecule has 3 rings (SSSR count). The fraction of sp³-hybridized carbons (Fsp3) is 0.125. The van der Waals surface area contributed by atoms with Gasteiger partial charge in [-0.15, -0.1) is 0 Å². The average molecular weight is 312 g/mol. The molecule has 23 heavy (non-hydrogen) atoms. The van der Waals surface area contributed by atoms with Crippen LogP contribution in [0.25, 0.3) is 0 Å². The highest BCUT2D eigenvalue weighted by Crippen LogP contribution is 2.10. The maximum atomic E-state index is 12.9. The summed E-state index contributed by atoms with van der Waals surface area (Å²) >= 11 is 0. The molecule has 0 saturated carbocycles. The van der Waals surface area contributed by atoms with E-state index in [1.165, 1.54) is 12.1 Å². The van der Waals surface area contributed by atoms with Gasteiger partial charge in [-0.3, -0.25) is 4.84 Å². The molecule has 2 aromatic rings. The van der Waals surface area contributed by atoms with Crippen LogP contribution in [0.5, 0.6) is 0 Å². The van der Waals surface area contributed by atoms with E-state index in [0.717, 1.165) is 5.56 Å². The van der Waals surface area contributed by atoms with E-state index in [0.29, 0.717) is 12.2 Å². The highest BCUT2D eigenvalue weighted by atomic mass is 19.1. The van der Waals surface area contributed by atoms with Crippen molar-refractivity contribution in [1.29, 1.82) is 0 Å². The number of halogens is 1. The molecule has 0 saturated heterocycles. The molecule has 6 nitrogen and oxygen atoms in total. The number of benzene rings is 2. The van der Waals surface area contributed by atoms with Crippen LogP contribution in [0.1, 0.15) is 5.56 Å². The number of rotatable bonds is 3. The summed E-state index contributed by atoms with van der Waals surface area (Å²) in [4.78, 5) is 12.6. The Labute approximate surface area is 131 Å². The lowest BCUT2D eigenvalue weighted by molar-refractivity contribution is -0.600. The smallest absolute Gasteiger partial charge is 0.299 e. The largest absolute Gasteiger partial charge is 0.844 e. The molecule has 0 amide bonds. The van der Waals surface area contributed by atoms with E-state index in [1.54, 1.807) is 41.1 Å². The van der Waals surface area contributed by atoms with Crippen molar-refractivity contribution < 1.29 is 19.0 Å². The normalized spacial score (nSPS) is 16.3. The van der Waals surface area contributed by atoms with Crippen LogP contribution in [0.3, 0.4) is 0 Å². The van der Waals surface area contributed by atoms with Gasteiger partial charge >= 0.3 is 0 Å². The highest BCUT2D eigenvalue weighted by Gasteiger charge is 2.23. The minimum atomic E-state index is -0.648. The fourth-order valence-corrected chi connectivity index (χ4v) is 2.00. The number of para-hydroxylation sites is 1. The standard InChI is InChI=1S/C16H13FN4O2/c17-13-8-6-12(7-9-13)10-21-11-15(23-20-21)19-16(22)18-14-4-2-1-3-5-14/h1-9H,10-11H2/b19-15+. The van der Waals surface area contributed by atoms with Gasteiger partial charge in [0.25, 0.3) is 12.4 Å². The first-order valence-corrected chi connectivity index (χ1v) is 6.95. The van der Waals surface area contributed by atoms with E-state index in [4.69, 9.17) is 4.84 Å². The zero-order valence-corrected chi connectivity index (χ0v) is 12.1. The number of hydrogen-bond donors (Lipinski definition) is 0. The maximum Gasteiger partial charge on any atom is 0.299 e. The third-order valence-corrected chi connectivity index (χ3v) is 3.06. The molecular formula is C16H13FN4O2. The molecule has 0 bridgehead atoms. The summed E-state index contributed by atoms with van der Waals surface area (Å²) in [7, 11) is 0. The third-order valence-electron chi connectivity index (χ3n) is 3.06. The van der Waals surface area contributed by atoms with E-state index in [2.05, 4.69) is 15.3 Å². The second-order valence-corrected chi connectivity index (χ2v) is 4.86. The second kappa shape index (κ2) is 6.78. The van der Waals surface area contributed by atoms with Gasteiger partial charge in [-0.05, 0) is 36.4 Å². The van der Waals surface area contributed by atoms with Gasteiger partial charge in [0.05, 0.1) is 11.7 Å². The quantitative estimate of drug-likeness (QED) is 0.495. The SMILES string of the molecule is [O-]C(=Nc1ccccc1)/N=C1\C[N+](Cc2ccc(F)cc2)=NO1. The van der Waals surface area contributed by atoms with Gasteiger partial charge in [0.15, 0.2) is 11.8 Å². The molecule has 0 radical (unpaired) electrons. The molecule has 0 aliphatic carbocycles. The summed E-state index contributed by atoms with van der Waals surface area (Å²) < 4.78 is 14.4. The summed E-state index contributed by atoms with van der Waals surface area (Å²) in [6, 6.07) is 14.2. The van der Waals surface area contributed by atoms with Crippen molar-refractivity contribution in [3.8, 4) is 0 Å². The van der Waals surface area contributed by atoms with Crippen LogP contribution in [-0.4, -0.2) is 23.2 Å². The van der Waals surface area contributed by atoms with Gasteiger partial charge in [0.1, 0.15) is 5.82 Å². The average Bonchev–Trinajstić information content (AvgIpc) is 2.97. The van der Waals surface area contributed by atoms with E-state index in [-0.39, 0.29) is 18.3 Å². The third kappa shape index (κ3) is 4.19. The Morgan fingerprint density at radius 1 is 1.17 bits per heavy atom. The number of aliphatic imine (C=N–C) groups is 2. The van der Waals surface area contributed by atoms with Gasteiger partial charge in [0.2, 0.25) is 0 Å². The molecule has 0 unspecified atom stereocenters. The van der Waals surface area contributed by atoms with E-state index < -0.39 is 6.02 Å². The first-order valence-electron chi connectivity index (χ1n) is 6.95. The number of nitrogens with zero attached hydrogens (tertiary/aromatic N) is 4. The Balaban J connectivity index is 1.62. The molecule has 0 N–H and O–H groups in total. The van der Waals surface area contributed by atoms with E-state index in [9.17, 15) is 9.50 Å². The molecule has 1 heterocycles. The van der Waals surface area contributed by atoms with Crippen molar-refractivity contribution >= 4 is 17.6 Å². The van der Waals surface area contributed by atoms with Gasteiger partial charge in [-0.1, -0.05) is 22.9 Å². The Kier molecular flexibility index (Phi) is 4.37. The molecular weight excluding hydrogens is 299 g/mol. The minimum absolute atomic E-state index is 0.178. The Morgan fingerprint density at radius 2 is 1.91 bits per heavy atom. The van der Waals surface area contributed by atoms with Crippen LogP contribution in [0.2, 0.25) is 0 Å². The lowest BCUT2D eigenvalue weighted by Crippen LogP contribution is -2.19.